The maximum Gasteiger partial charge on any atom is 0.229 e. The molecule has 64 valence electrons. The van der Waals surface area contributed by atoms with Crippen LogP contribution in [0.3, 0.4) is 0 Å². The van der Waals surface area contributed by atoms with Gasteiger partial charge in [0.05, 0.1) is 0 Å². The summed E-state index contributed by atoms with van der Waals surface area (Å²) in [4.78, 5) is 9.93. The molecule has 0 aliphatic rings. The van der Waals surface area contributed by atoms with Crippen molar-refractivity contribution in [1.29, 1.82) is 0 Å². The van der Waals surface area contributed by atoms with Crippen molar-refractivity contribution in [2.24, 2.45) is 0 Å². The highest BCUT2D eigenvalue weighted by Gasteiger charge is 2.04. The van der Waals surface area contributed by atoms with Gasteiger partial charge in [-0.15, -0.1) is 0 Å². The predicted molar refractivity (Wildman–Crippen MR) is 46.6 cm³/mol. The first-order valence-corrected chi connectivity index (χ1v) is 3.77. The van der Waals surface area contributed by atoms with E-state index in [1.807, 2.05) is 32.0 Å². The lowest BCUT2D eigenvalue weighted by molar-refractivity contribution is -0.496. The van der Waals surface area contributed by atoms with Gasteiger partial charge in [0.1, 0.15) is 0 Å². The van der Waals surface area contributed by atoms with Gasteiger partial charge in [-0.1, -0.05) is 17.7 Å². The van der Waals surface area contributed by atoms with E-state index in [1.54, 1.807) is 0 Å². The first-order chi connectivity index (χ1) is 5.59. The zero-order chi connectivity index (χ0) is 9.14. The molecule has 0 aliphatic heterocycles. The third kappa shape index (κ3) is 2.05. The molecule has 12 heavy (non-hydrogen) atoms. The number of hydrogen-bond acceptors (Lipinski definition) is 2. The van der Waals surface area contributed by atoms with Crippen LogP contribution in [0.2, 0.25) is 0 Å². The van der Waals surface area contributed by atoms with Crippen molar-refractivity contribution in [3.8, 4) is 0 Å². The summed E-state index contributed by atoms with van der Waals surface area (Å²) < 4.78 is 0. The van der Waals surface area contributed by atoms with E-state index in [-0.39, 0.29) is 11.5 Å². The normalized spacial score (nSPS) is 9.83. The standard InChI is InChI=1S/C9H11NO2/c1-7-3-4-8(2)9(5-7)6-10(11)12/h3-5H,6H2,1-2H3. The summed E-state index contributed by atoms with van der Waals surface area (Å²) in [5.41, 5.74) is 2.86. The molecule has 3 heteroatoms. The van der Waals surface area contributed by atoms with Crippen LogP contribution >= 0.6 is 0 Å². The lowest BCUT2D eigenvalue weighted by Crippen LogP contribution is -2.00. The molecule has 0 unspecified atom stereocenters. The first kappa shape index (κ1) is 8.71. The molecule has 0 aromatic heterocycles. The van der Waals surface area contributed by atoms with Gasteiger partial charge >= 0.3 is 0 Å². The fourth-order valence-corrected chi connectivity index (χ4v) is 1.11. The van der Waals surface area contributed by atoms with Crippen molar-refractivity contribution < 1.29 is 4.92 Å². The van der Waals surface area contributed by atoms with Crippen molar-refractivity contribution in [1.82, 2.24) is 0 Å². The van der Waals surface area contributed by atoms with Crippen LogP contribution in [0.4, 0.5) is 0 Å². The fourth-order valence-electron chi connectivity index (χ4n) is 1.11. The van der Waals surface area contributed by atoms with E-state index in [0.717, 1.165) is 16.7 Å². The number of aryl methyl sites for hydroxylation is 2. The van der Waals surface area contributed by atoms with Gasteiger partial charge in [0.2, 0.25) is 6.54 Å². The molecule has 0 saturated heterocycles. The average molecular weight is 165 g/mol. The van der Waals surface area contributed by atoms with Crippen LogP contribution < -0.4 is 0 Å². The van der Waals surface area contributed by atoms with Crippen LogP contribution in [0.25, 0.3) is 0 Å². The van der Waals surface area contributed by atoms with Crippen molar-refractivity contribution >= 4 is 0 Å². The van der Waals surface area contributed by atoms with Crippen LogP contribution in [-0.4, -0.2) is 4.92 Å². The van der Waals surface area contributed by atoms with Gasteiger partial charge in [-0.05, 0) is 25.5 Å². The second-order valence-corrected chi connectivity index (χ2v) is 2.92. The molecule has 0 atom stereocenters. The lowest BCUT2D eigenvalue weighted by atomic mass is 10.1. The van der Waals surface area contributed by atoms with Gasteiger partial charge in [0.25, 0.3) is 0 Å². The molecule has 0 radical (unpaired) electrons. The maximum atomic E-state index is 10.2. The van der Waals surface area contributed by atoms with Gasteiger partial charge in [0.15, 0.2) is 0 Å². The minimum absolute atomic E-state index is 0.0759. The molecule has 1 rings (SSSR count). The van der Waals surface area contributed by atoms with E-state index < -0.39 is 0 Å². The monoisotopic (exact) mass is 165 g/mol. The highest BCUT2D eigenvalue weighted by molar-refractivity contribution is 5.29. The molecule has 1 aromatic carbocycles. The van der Waals surface area contributed by atoms with E-state index in [0.29, 0.717) is 0 Å². The van der Waals surface area contributed by atoms with Gasteiger partial charge in [-0.2, -0.15) is 0 Å². The Morgan fingerprint density at radius 1 is 1.42 bits per heavy atom. The van der Waals surface area contributed by atoms with E-state index in [1.165, 1.54) is 0 Å². The smallest absolute Gasteiger partial charge is 0.229 e. The van der Waals surface area contributed by atoms with Gasteiger partial charge in [0, 0.05) is 10.5 Å². The van der Waals surface area contributed by atoms with Crippen LogP contribution in [0.1, 0.15) is 16.7 Å². The zero-order valence-electron chi connectivity index (χ0n) is 7.20. The Hall–Kier alpha value is -1.38. The zero-order valence-corrected chi connectivity index (χ0v) is 7.20. The molecular weight excluding hydrogens is 154 g/mol. The lowest BCUT2D eigenvalue weighted by Gasteiger charge is -2.01. The van der Waals surface area contributed by atoms with Crippen molar-refractivity contribution in [2.45, 2.75) is 20.4 Å². The Kier molecular flexibility index (Phi) is 2.43. The summed E-state index contributed by atoms with van der Waals surface area (Å²) in [6.45, 7) is 3.74. The van der Waals surface area contributed by atoms with E-state index in [4.69, 9.17) is 0 Å². The average Bonchev–Trinajstić information content (AvgIpc) is 1.96. The Labute approximate surface area is 71.2 Å². The summed E-state index contributed by atoms with van der Waals surface area (Å²) in [6.07, 6.45) is 0. The Balaban J connectivity index is 2.97. The summed E-state index contributed by atoms with van der Waals surface area (Å²) >= 11 is 0. The second kappa shape index (κ2) is 3.34. The molecule has 0 spiro atoms. The molecule has 1 aromatic rings. The molecule has 0 aliphatic carbocycles. The van der Waals surface area contributed by atoms with Gasteiger partial charge in [-0.3, -0.25) is 10.1 Å². The third-order valence-electron chi connectivity index (χ3n) is 1.80. The quantitative estimate of drug-likeness (QED) is 0.497. The Morgan fingerprint density at radius 3 is 2.67 bits per heavy atom. The highest BCUT2D eigenvalue weighted by Crippen LogP contribution is 2.10. The predicted octanol–water partition coefficient (Wildman–Crippen LogP) is 2.08. The minimum atomic E-state index is -0.304. The van der Waals surface area contributed by atoms with E-state index in [9.17, 15) is 10.1 Å². The molecule has 3 nitrogen and oxygen atoms in total. The molecule has 0 heterocycles. The third-order valence-corrected chi connectivity index (χ3v) is 1.80. The highest BCUT2D eigenvalue weighted by atomic mass is 16.6. The van der Waals surface area contributed by atoms with Crippen molar-refractivity contribution in [2.75, 3.05) is 0 Å². The summed E-state index contributed by atoms with van der Waals surface area (Å²) in [6, 6.07) is 5.73. The molecule has 0 amide bonds. The fraction of sp³-hybridized carbons (Fsp3) is 0.333. The van der Waals surface area contributed by atoms with Crippen LogP contribution in [0.5, 0.6) is 0 Å². The second-order valence-electron chi connectivity index (χ2n) is 2.92. The van der Waals surface area contributed by atoms with Gasteiger partial charge < -0.3 is 0 Å². The molecule has 0 saturated carbocycles. The molecule has 0 N–H and O–H groups in total. The summed E-state index contributed by atoms with van der Waals surface area (Å²) in [7, 11) is 0. The Bertz CT molecular complexity index is 307. The minimum Gasteiger partial charge on any atom is -0.264 e. The summed E-state index contributed by atoms with van der Waals surface area (Å²) in [5.74, 6) is 0. The van der Waals surface area contributed by atoms with Crippen molar-refractivity contribution in [3.63, 3.8) is 0 Å². The maximum absolute atomic E-state index is 10.2. The number of hydrogen-bond donors (Lipinski definition) is 0. The molecule has 0 fully saturated rings. The van der Waals surface area contributed by atoms with Crippen LogP contribution in [0.15, 0.2) is 18.2 Å². The van der Waals surface area contributed by atoms with Crippen LogP contribution in [-0.2, 0) is 6.54 Å². The Morgan fingerprint density at radius 2 is 2.08 bits per heavy atom. The molecule has 0 bridgehead atoms. The number of nitro groups is 1. The van der Waals surface area contributed by atoms with Crippen LogP contribution in [0, 0.1) is 24.0 Å². The largest absolute Gasteiger partial charge is 0.264 e. The SMILES string of the molecule is Cc1ccc(C)c(C[N+](=O)[O-])c1. The van der Waals surface area contributed by atoms with Crippen molar-refractivity contribution in [3.05, 3.63) is 45.0 Å². The molecular formula is C9H11NO2. The first-order valence-electron chi connectivity index (χ1n) is 3.77. The van der Waals surface area contributed by atoms with E-state index in [2.05, 4.69) is 0 Å². The van der Waals surface area contributed by atoms with Gasteiger partial charge in [-0.25, -0.2) is 0 Å². The number of rotatable bonds is 2. The number of benzene rings is 1. The topological polar surface area (TPSA) is 43.1 Å². The number of nitrogens with zero attached hydrogens (tertiary/aromatic N) is 1. The van der Waals surface area contributed by atoms with E-state index >= 15 is 0 Å². The summed E-state index contributed by atoms with van der Waals surface area (Å²) in [5, 5.41) is 10.2.